The molecule has 2 aromatic rings. The molecule has 8 heteroatoms. The van der Waals surface area contributed by atoms with Gasteiger partial charge in [-0.25, -0.2) is 9.69 Å². The summed E-state index contributed by atoms with van der Waals surface area (Å²) >= 11 is 0. The number of hydrogen-bond acceptors (Lipinski definition) is 5. The van der Waals surface area contributed by atoms with E-state index in [-0.39, 0.29) is 17.0 Å². The van der Waals surface area contributed by atoms with E-state index in [1.165, 1.54) is 39.6 Å². The van der Waals surface area contributed by atoms with Crippen molar-refractivity contribution < 1.29 is 23.9 Å². The van der Waals surface area contributed by atoms with Gasteiger partial charge in [0.25, 0.3) is 11.8 Å². The lowest BCUT2D eigenvalue weighted by atomic mass is 9.95. The van der Waals surface area contributed by atoms with Crippen LogP contribution in [0.2, 0.25) is 0 Å². The number of benzene rings is 1. The normalized spacial score (nSPS) is 19.0. The van der Waals surface area contributed by atoms with Crippen LogP contribution < -0.4 is 19.7 Å². The number of hydrogen-bond donors (Lipinski definition) is 1. The standard InChI is InChI=1S/C23H25N3O5/c1-30-17-8-9-19(20(13-17)31-2)26-22(28)18(21(27)24-23(26)29)12-15-10-11-25(14-15)16-6-4-3-5-7-16/h8-14,16H,3-7H2,1-2H3,(H,24,27,29)/b18-12-. The Morgan fingerprint density at radius 3 is 2.52 bits per heavy atom. The van der Waals surface area contributed by atoms with Gasteiger partial charge in [-0.1, -0.05) is 19.3 Å². The number of nitrogens with zero attached hydrogens (tertiary/aromatic N) is 2. The fraction of sp³-hybridized carbons (Fsp3) is 0.348. The fourth-order valence-electron chi connectivity index (χ4n) is 4.13. The van der Waals surface area contributed by atoms with Gasteiger partial charge in [-0.05, 0) is 42.7 Å². The minimum atomic E-state index is -0.824. The lowest BCUT2D eigenvalue weighted by Crippen LogP contribution is -2.54. The second-order valence-electron chi connectivity index (χ2n) is 7.68. The molecule has 2 heterocycles. The Labute approximate surface area is 180 Å². The predicted molar refractivity (Wildman–Crippen MR) is 115 cm³/mol. The Balaban J connectivity index is 1.65. The lowest BCUT2D eigenvalue weighted by molar-refractivity contribution is -0.122. The van der Waals surface area contributed by atoms with E-state index < -0.39 is 17.8 Å². The zero-order valence-electron chi connectivity index (χ0n) is 17.6. The summed E-state index contributed by atoms with van der Waals surface area (Å²) in [6, 6.07) is 6.22. The summed E-state index contributed by atoms with van der Waals surface area (Å²) < 4.78 is 12.6. The number of ether oxygens (including phenoxy) is 2. The Bertz CT molecular complexity index is 1050. The van der Waals surface area contributed by atoms with Gasteiger partial charge in [0.05, 0.1) is 19.9 Å². The zero-order valence-corrected chi connectivity index (χ0v) is 17.6. The second kappa shape index (κ2) is 8.67. The van der Waals surface area contributed by atoms with Crippen LogP contribution in [0.5, 0.6) is 11.5 Å². The number of aromatic nitrogens is 1. The number of urea groups is 1. The number of methoxy groups -OCH3 is 2. The van der Waals surface area contributed by atoms with Crippen molar-refractivity contribution in [3.63, 3.8) is 0 Å². The number of rotatable bonds is 5. The summed E-state index contributed by atoms with van der Waals surface area (Å²) in [7, 11) is 2.94. The zero-order chi connectivity index (χ0) is 22.0. The van der Waals surface area contributed by atoms with Crippen LogP contribution in [0.25, 0.3) is 6.08 Å². The molecule has 1 aromatic carbocycles. The molecular formula is C23H25N3O5. The molecule has 1 aliphatic heterocycles. The predicted octanol–water partition coefficient (Wildman–Crippen LogP) is 3.68. The molecule has 162 valence electrons. The minimum Gasteiger partial charge on any atom is -0.497 e. The van der Waals surface area contributed by atoms with E-state index in [9.17, 15) is 14.4 Å². The van der Waals surface area contributed by atoms with E-state index in [1.807, 2.05) is 18.5 Å². The molecule has 1 aromatic heterocycles. The molecule has 8 nitrogen and oxygen atoms in total. The highest BCUT2D eigenvalue weighted by Gasteiger charge is 2.38. The van der Waals surface area contributed by atoms with E-state index in [0.29, 0.717) is 11.8 Å². The first kappa shape index (κ1) is 20.7. The Morgan fingerprint density at radius 1 is 1.03 bits per heavy atom. The summed E-state index contributed by atoms with van der Waals surface area (Å²) in [6.07, 6.45) is 11.4. The quantitative estimate of drug-likeness (QED) is 0.585. The molecule has 1 saturated carbocycles. The Hall–Kier alpha value is -3.55. The number of barbiturate groups is 1. The smallest absolute Gasteiger partial charge is 0.336 e. The molecule has 4 rings (SSSR count). The highest BCUT2D eigenvalue weighted by Crippen LogP contribution is 2.34. The van der Waals surface area contributed by atoms with Gasteiger partial charge in [0.15, 0.2) is 0 Å². The minimum absolute atomic E-state index is 0.112. The van der Waals surface area contributed by atoms with Crippen LogP contribution in [0, 0.1) is 0 Å². The highest BCUT2D eigenvalue weighted by atomic mass is 16.5. The summed E-state index contributed by atoms with van der Waals surface area (Å²) in [5.74, 6) is -0.631. The molecule has 0 bridgehead atoms. The van der Waals surface area contributed by atoms with Crippen LogP contribution in [0.3, 0.4) is 0 Å². The van der Waals surface area contributed by atoms with E-state index in [1.54, 1.807) is 18.2 Å². The molecule has 4 amide bonds. The van der Waals surface area contributed by atoms with Gasteiger partial charge in [0, 0.05) is 24.5 Å². The van der Waals surface area contributed by atoms with E-state index >= 15 is 0 Å². The molecule has 0 atom stereocenters. The van der Waals surface area contributed by atoms with Crippen molar-refractivity contribution >= 4 is 29.6 Å². The first-order valence-corrected chi connectivity index (χ1v) is 10.3. The second-order valence-corrected chi connectivity index (χ2v) is 7.68. The molecular weight excluding hydrogens is 398 g/mol. The molecule has 0 radical (unpaired) electrons. The number of amides is 4. The molecule has 1 N–H and O–H groups in total. The van der Waals surface area contributed by atoms with E-state index in [0.717, 1.165) is 23.3 Å². The van der Waals surface area contributed by atoms with Gasteiger partial charge in [0.1, 0.15) is 17.1 Å². The largest absolute Gasteiger partial charge is 0.497 e. The summed E-state index contributed by atoms with van der Waals surface area (Å²) in [4.78, 5) is 39.0. The first-order valence-electron chi connectivity index (χ1n) is 10.3. The van der Waals surface area contributed by atoms with Gasteiger partial charge in [-0.15, -0.1) is 0 Å². The fourth-order valence-corrected chi connectivity index (χ4v) is 4.13. The highest BCUT2D eigenvalue weighted by molar-refractivity contribution is 6.39. The number of imide groups is 2. The maximum Gasteiger partial charge on any atom is 0.336 e. The van der Waals surface area contributed by atoms with Crippen LogP contribution in [0.4, 0.5) is 10.5 Å². The third-order valence-corrected chi connectivity index (χ3v) is 5.77. The first-order chi connectivity index (χ1) is 15.0. The van der Waals surface area contributed by atoms with Crippen molar-refractivity contribution in [3.8, 4) is 11.5 Å². The van der Waals surface area contributed by atoms with Gasteiger partial charge in [0.2, 0.25) is 0 Å². The maximum atomic E-state index is 13.2. The van der Waals surface area contributed by atoms with Crippen LogP contribution >= 0.6 is 0 Å². The number of anilines is 1. The molecule has 0 unspecified atom stereocenters. The van der Waals surface area contributed by atoms with Crippen molar-refractivity contribution in [2.24, 2.45) is 0 Å². The Kier molecular flexibility index (Phi) is 5.79. The van der Waals surface area contributed by atoms with Crippen molar-refractivity contribution in [1.29, 1.82) is 0 Å². The van der Waals surface area contributed by atoms with Gasteiger partial charge < -0.3 is 14.0 Å². The Morgan fingerprint density at radius 2 is 1.81 bits per heavy atom. The van der Waals surface area contributed by atoms with Crippen LogP contribution in [0.1, 0.15) is 43.7 Å². The monoisotopic (exact) mass is 423 g/mol. The van der Waals surface area contributed by atoms with E-state index in [4.69, 9.17) is 9.47 Å². The third kappa shape index (κ3) is 4.05. The average Bonchev–Trinajstić information content (AvgIpc) is 3.26. The summed E-state index contributed by atoms with van der Waals surface area (Å²) in [6.45, 7) is 0. The third-order valence-electron chi connectivity index (χ3n) is 5.77. The van der Waals surface area contributed by atoms with Gasteiger partial charge >= 0.3 is 6.03 Å². The summed E-state index contributed by atoms with van der Waals surface area (Å²) in [5.41, 5.74) is 0.850. The molecule has 1 aliphatic carbocycles. The van der Waals surface area contributed by atoms with Crippen molar-refractivity contribution in [3.05, 3.63) is 47.8 Å². The van der Waals surface area contributed by atoms with Crippen molar-refractivity contribution in [2.45, 2.75) is 38.1 Å². The number of carbonyl (C=O) groups is 3. The summed E-state index contributed by atoms with van der Waals surface area (Å²) in [5, 5.41) is 2.24. The van der Waals surface area contributed by atoms with Gasteiger partial charge in [-0.2, -0.15) is 0 Å². The SMILES string of the molecule is COc1ccc(N2C(=O)NC(=O)/C(=C/c3ccn(C4CCCCC4)c3)C2=O)c(OC)c1. The van der Waals surface area contributed by atoms with Crippen molar-refractivity contribution in [2.75, 3.05) is 19.1 Å². The average molecular weight is 423 g/mol. The van der Waals surface area contributed by atoms with E-state index in [2.05, 4.69) is 9.88 Å². The van der Waals surface area contributed by atoms with Crippen LogP contribution in [0.15, 0.2) is 42.2 Å². The van der Waals surface area contributed by atoms with Crippen molar-refractivity contribution in [1.82, 2.24) is 9.88 Å². The number of nitrogens with one attached hydrogen (secondary N) is 1. The van der Waals surface area contributed by atoms with Crippen LogP contribution in [-0.2, 0) is 9.59 Å². The maximum absolute atomic E-state index is 13.2. The van der Waals surface area contributed by atoms with Gasteiger partial charge in [-0.3, -0.25) is 14.9 Å². The molecule has 31 heavy (non-hydrogen) atoms. The lowest BCUT2D eigenvalue weighted by Gasteiger charge is -2.27. The molecule has 2 aliphatic rings. The van der Waals surface area contributed by atoms with Crippen LogP contribution in [-0.4, -0.2) is 36.6 Å². The number of carbonyl (C=O) groups excluding carboxylic acids is 3. The molecule has 1 saturated heterocycles. The molecule has 0 spiro atoms. The molecule has 2 fully saturated rings. The topological polar surface area (TPSA) is 89.9 Å².